The fraction of sp³-hybridized carbons (Fsp3) is 0.333. The molecule has 1 rings (SSSR count). The van der Waals surface area contributed by atoms with Gasteiger partial charge < -0.3 is 15.3 Å². The third-order valence-electron chi connectivity index (χ3n) is 1.16. The highest BCUT2D eigenvalue weighted by Gasteiger charge is 2.07. The van der Waals surface area contributed by atoms with Gasteiger partial charge in [-0.3, -0.25) is 0 Å². The lowest BCUT2D eigenvalue weighted by Crippen LogP contribution is -2.13. The van der Waals surface area contributed by atoms with E-state index in [0.717, 1.165) is 0 Å². The van der Waals surface area contributed by atoms with Gasteiger partial charge in [-0.25, -0.2) is 0 Å². The molecule has 0 aliphatic heterocycles. The van der Waals surface area contributed by atoms with Crippen molar-refractivity contribution in [1.29, 1.82) is 0 Å². The molecule has 0 aliphatic carbocycles. The Morgan fingerprint density at radius 2 is 2.40 bits per heavy atom. The Hall–Kier alpha value is -0.510. The van der Waals surface area contributed by atoms with Gasteiger partial charge in [0.15, 0.2) is 5.22 Å². The maximum atomic E-state index is 8.57. The molecule has 1 heterocycles. The fourth-order valence-corrected chi connectivity index (χ4v) is 0.770. The Morgan fingerprint density at radius 1 is 1.70 bits per heavy atom. The molecule has 1 atom stereocenters. The Morgan fingerprint density at radius 3 is 2.80 bits per heavy atom. The van der Waals surface area contributed by atoms with E-state index in [-0.39, 0.29) is 6.61 Å². The van der Waals surface area contributed by atoms with Gasteiger partial charge in [0.1, 0.15) is 5.76 Å². The van der Waals surface area contributed by atoms with E-state index in [2.05, 4.69) is 0 Å². The summed E-state index contributed by atoms with van der Waals surface area (Å²) in [6.45, 7) is -0.135. The van der Waals surface area contributed by atoms with E-state index in [4.69, 9.17) is 26.9 Å². The van der Waals surface area contributed by atoms with E-state index < -0.39 is 6.04 Å². The molecular weight excluding hydrogens is 154 g/mol. The number of aliphatic hydroxyl groups is 1. The molecule has 0 bridgehead atoms. The lowest BCUT2D eigenvalue weighted by atomic mass is 10.2. The third-order valence-corrected chi connectivity index (χ3v) is 1.36. The Labute approximate surface area is 63.4 Å². The molecule has 10 heavy (non-hydrogen) atoms. The van der Waals surface area contributed by atoms with Crippen molar-refractivity contribution in [3.63, 3.8) is 0 Å². The van der Waals surface area contributed by atoms with E-state index >= 15 is 0 Å². The summed E-state index contributed by atoms with van der Waals surface area (Å²) in [6, 6.07) is 2.77. The van der Waals surface area contributed by atoms with Crippen molar-refractivity contribution in [2.24, 2.45) is 5.73 Å². The Bertz CT molecular complexity index is 211. The maximum absolute atomic E-state index is 8.57. The first-order chi connectivity index (χ1) is 4.74. The highest BCUT2D eigenvalue weighted by Crippen LogP contribution is 2.17. The van der Waals surface area contributed by atoms with Crippen molar-refractivity contribution in [2.75, 3.05) is 6.61 Å². The lowest BCUT2D eigenvalue weighted by molar-refractivity contribution is 0.252. The SMILES string of the molecule is NC(CO)c1ccc(Cl)o1. The van der Waals surface area contributed by atoms with Crippen molar-refractivity contribution in [1.82, 2.24) is 0 Å². The van der Waals surface area contributed by atoms with Crippen molar-refractivity contribution in [2.45, 2.75) is 6.04 Å². The molecule has 4 heteroatoms. The lowest BCUT2D eigenvalue weighted by Gasteiger charge is -2.01. The minimum Gasteiger partial charge on any atom is -0.448 e. The van der Waals surface area contributed by atoms with Crippen LogP contribution in [0.5, 0.6) is 0 Å². The highest BCUT2D eigenvalue weighted by molar-refractivity contribution is 6.28. The van der Waals surface area contributed by atoms with Gasteiger partial charge in [0.2, 0.25) is 0 Å². The van der Waals surface area contributed by atoms with Crippen LogP contribution in [0.4, 0.5) is 0 Å². The summed E-state index contributed by atoms with van der Waals surface area (Å²) < 4.78 is 4.92. The molecule has 56 valence electrons. The number of furan rings is 1. The van der Waals surface area contributed by atoms with Crippen LogP contribution in [0.1, 0.15) is 11.8 Å². The first kappa shape index (κ1) is 7.60. The summed E-state index contributed by atoms with van der Waals surface area (Å²) in [5, 5.41) is 8.86. The minimum absolute atomic E-state index is 0.135. The molecule has 3 nitrogen and oxygen atoms in total. The van der Waals surface area contributed by atoms with Crippen LogP contribution in [0.3, 0.4) is 0 Å². The van der Waals surface area contributed by atoms with Gasteiger partial charge in [0.05, 0.1) is 12.6 Å². The summed E-state index contributed by atoms with van der Waals surface area (Å²) >= 11 is 5.46. The summed E-state index contributed by atoms with van der Waals surface area (Å²) in [6.07, 6.45) is 0. The van der Waals surface area contributed by atoms with E-state index in [0.29, 0.717) is 11.0 Å². The van der Waals surface area contributed by atoms with Crippen LogP contribution in [-0.4, -0.2) is 11.7 Å². The second kappa shape index (κ2) is 3.05. The van der Waals surface area contributed by atoms with E-state index in [9.17, 15) is 0 Å². The quantitative estimate of drug-likeness (QED) is 0.678. The van der Waals surface area contributed by atoms with Crippen LogP contribution in [0.2, 0.25) is 5.22 Å². The molecule has 0 aromatic carbocycles. The van der Waals surface area contributed by atoms with E-state index in [1.807, 2.05) is 0 Å². The molecule has 0 amide bonds. The first-order valence-electron chi connectivity index (χ1n) is 2.85. The van der Waals surface area contributed by atoms with Crippen LogP contribution in [-0.2, 0) is 0 Å². The zero-order valence-electron chi connectivity index (χ0n) is 5.25. The number of hydrogen-bond donors (Lipinski definition) is 2. The number of halogens is 1. The fourth-order valence-electron chi connectivity index (χ4n) is 0.618. The van der Waals surface area contributed by atoms with E-state index in [1.165, 1.54) is 0 Å². The second-order valence-corrected chi connectivity index (χ2v) is 2.30. The predicted molar refractivity (Wildman–Crippen MR) is 37.7 cm³/mol. The van der Waals surface area contributed by atoms with E-state index in [1.54, 1.807) is 12.1 Å². The van der Waals surface area contributed by atoms with Gasteiger partial charge in [-0.2, -0.15) is 0 Å². The summed E-state index contributed by atoms with van der Waals surface area (Å²) in [7, 11) is 0. The van der Waals surface area contributed by atoms with Gasteiger partial charge in [-0.05, 0) is 23.7 Å². The van der Waals surface area contributed by atoms with Crippen molar-refractivity contribution < 1.29 is 9.52 Å². The van der Waals surface area contributed by atoms with Gasteiger partial charge in [0.25, 0.3) is 0 Å². The highest BCUT2D eigenvalue weighted by atomic mass is 35.5. The molecule has 0 aliphatic rings. The van der Waals surface area contributed by atoms with Crippen molar-refractivity contribution in [3.05, 3.63) is 23.1 Å². The molecular formula is C6H8ClNO2. The molecule has 0 spiro atoms. The van der Waals surface area contributed by atoms with Crippen LogP contribution in [0, 0.1) is 0 Å². The third kappa shape index (κ3) is 1.50. The van der Waals surface area contributed by atoms with Crippen LogP contribution in [0.15, 0.2) is 16.5 Å². The largest absolute Gasteiger partial charge is 0.448 e. The van der Waals surface area contributed by atoms with Gasteiger partial charge in [-0.15, -0.1) is 0 Å². The number of aliphatic hydroxyl groups excluding tert-OH is 1. The predicted octanol–water partition coefficient (Wildman–Crippen LogP) is 0.925. The zero-order chi connectivity index (χ0) is 7.56. The smallest absolute Gasteiger partial charge is 0.193 e. The molecule has 1 unspecified atom stereocenters. The molecule has 3 N–H and O–H groups in total. The van der Waals surface area contributed by atoms with Crippen molar-refractivity contribution in [3.8, 4) is 0 Å². The average Bonchev–Trinajstić information content (AvgIpc) is 2.34. The molecule has 1 aromatic rings. The minimum atomic E-state index is -0.465. The normalized spacial score (nSPS) is 13.5. The van der Waals surface area contributed by atoms with Crippen LogP contribution < -0.4 is 5.73 Å². The Balaban J connectivity index is 2.74. The van der Waals surface area contributed by atoms with Crippen LogP contribution >= 0.6 is 11.6 Å². The standard InChI is InChI=1S/C6H8ClNO2/c7-6-2-1-5(10-6)4(8)3-9/h1-2,4,9H,3,8H2. The number of rotatable bonds is 2. The summed E-state index contributed by atoms with van der Waals surface area (Å²) in [4.78, 5) is 0. The molecule has 0 fully saturated rings. The summed E-state index contributed by atoms with van der Waals surface area (Å²) in [5.74, 6) is 0.507. The number of hydrogen-bond acceptors (Lipinski definition) is 3. The second-order valence-electron chi connectivity index (χ2n) is 1.93. The van der Waals surface area contributed by atoms with Gasteiger partial charge in [0, 0.05) is 0 Å². The summed E-state index contributed by atoms with van der Waals surface area (Å²) in [5.41, 5.74) is 5.41. The number of nitrogens with two attached hydrogens (primary N) is 1. The molecule has 0 radical (unpaired) electrons. The topological polar surface area (TPSA) is 59.4 Å². The van der Waals surface area contributed by atoms with Gasteiger partial charge >= 0.3 is 0 Å². The average molecular weight is 162 g/mol. The first-order valence-corrected chi connectivity index (χ1v) is 3.23. The monoisotopic (exact) mass is 161 g/mol. The van der Waals surface area contributed by atoms with Crippen LogP contribution in [0.25, 0.3) is 0 Å². The van der Waals surface area contributed by atoms with Crippen molar-refractivity contribution >= 4 is 11.6 Å². The van der Waals surface area contributed by atoms with Gasteiger partial charge in [-0.1, -0.05) is 0 Å². The maximum Gasteiger partial charge on any atom is 0.193 e. The molecule has 0 saturated heterocycles. The Kier molecular flexibility index (Phi) is 2.32. The molecule has 1 aromatic heterocycles. The molecule has 0 saturated carbocycles. The zero-order valence-corrected chi connectivity index (χ0v) is 6.01.